The highest BCUT2D eigenvalue weighted by atomic mass is 16.5. The molecule has 0 radical (unpaired) electrons. The van der Waals surface area contributed by atoms with E-state index in [1.165, 1.54) is 6.08 Å². The van der Waals surface area contributed by atoms with Crippen LogP contribution in [0.1, 0.15) is 11.1 Å². The molecule has 4 nitrogen and oxygen atoms in total. The Hall–Kier alpha value is -3.06. The van der Waals surface area contributed by atoms with E-state index in [9.17, 15) is 4.79 Å². The van der Waals surface area contributed by atoms with Crippen LogP contribution in [0.25, 0.3) is 6.08 Å². The number of hydrogen-bond donors (Lipinski definition) is 1. The fourth-order valence-corrected chi connectivity index (χ4v) is 1.78. The van der Waals surface area contributed by atoms with Gasteiger partial charge in [-0.15, -0.1) is 0 Å². The molecule has 0 bridgehead atoms. The zero-order chi connectivity index (χ0) is 15.8. The minimum Gasteiger partial charge on any atom is -0.479 e. The Balaban J connectivity index is 1.92. The van der Waals surface area contributed by atoms with E-state index in [-0.39, 0.29) is 12.5 Å². The molecule has 2 aromatic rings. The van der Waals surface area contributed by atoms with Gasteiger partial charge in [-0.05, 0) is 42.8 Å². The summed E-state index contributed by atoms with van der Waals surface area (Å²) in [5.41, 5.74) is 2.79. The summed E-state index contributed by atoms with van der Waals surface area (Å²) in [6, 6.07) is 16.7. The Kier molecular flexibility index (Phi) is 5.33. The highest BCUT2D eigenvalue weighted by molar-refractivity contribution is 6.01. The maximum atomic E-state index is 11.8. The van der Waals surface area contributed by atoms with Crippen LogP contribution in [0, 0.1) is 18.3 Å². The van der Waals surface area contributed by atoms with E-state index in [0.29, 0.717) is 5.75 Å². The number of nitrogens with one attached hydrogen (secondary N) is 1. The number of benzene rings is 2. The summed E-state index contributed by atoms with van der Waals surface area (Å²) in [5.74, 6) is 0.441. The first-order valence-corrected chi connectivity index (χ1v) is 6.83. The minimum absolute atomic E-state index is 0.0220. The molecule has 0 aliphatic carbocycles. The monoisotopic (exact) mass is 292 g/mol. The largest absolute Gasteiger partial charge is 0.479 e. The van der Waals surface area contributed by atoms with Crippen molar-refractivity contribution < 1.29 is 9.53 Å². The Morgan fingerprint density at radius 3 is 2.50 bits per heavy atom. The second-order valence-corrected chi connectivity index (χ2v) is 4.70. The number of aryl methyl sites for hydroxylation is 1. The molecule has 0 spiro atoms. The molecule has 110 valence electrons. The summed E-state index contributed by atoms with van der Waals surface area (Å²) in [6.45, 7) is 2.02. The molecule has 0 unspecified atom stereocenters. The molecule has 4 heteroatoms. The Morgan fingerprint density at radius 2 is 1.86 bits per heavy atom. The maximum Gasteiger partial charge on any atom is 0.248 e. The average Bonchev–Trinajstić information content (AvgIpc) is 2.54. The third kappa shape index (κ3) is 4.80. The van der Waals surface area contributed by atoms with E-state index in [1.54, 1.807) is 18.2 Å². The third-order valence-electron chi connectivity index (χ3n) is 2.93. The van der Waals surface area contributed by atoms with Crippen molar-refractivity contribution in [2.45, 2.75) is 6.92 Å². The first-order valence-electron chi connectivity index (χ1n) is 6.83. The molecular formula is C18H16N2O2. The van der Waals surface area contributed by atoms with Crippen LogP contribution in [-0.2, 0) is 4.79 Å². The van der Waals surface area contributed by atoms with Crippen molar-refractivity contribution in [2.75, 3.05) is 11.9 Å². The van der Waals surface area contributed by atoms with E-state index >= 15 is 0 Å². The summed E-state index contributed by atoms with van der Waals surface area (Å²) in [4.78, 5) is 11.8. The van der Waals surface area contributed by atoms with Crippen LogP contribution < -0.4 is 10.1 Å². The fourth-order valence-electron chi connectivity index (χ4n) is 1.78. The van der Waals surface area contributed by atoms with Crippen LogP contribution in [-0.4, -0.2) is 12.5 Å². The lowest BCUT2D eigenvalue weighted by atomic mass is 10.2. The normalized spacial score (nSPS) is 10.2. The van der Waals surface area contributed by atoms with Gasteiger partial charge in [-0.3, -0.25) is 4.79 Å². The number of nitrogens with zero attached hydrogens (tertiary/aromatic N) is 1. The predicted octanol–water partition coefficient (Wildman–Crippen LogP) is 3.55. The smallest absolute Gasteiger partial charge is 0.248 e. The lowest BCUT2D eigenvalue weighted by Gasteiger charge is -2.03. The van der Waals surface area contributed by atoms with Crippen molar-refractivity contribution in [1.29, 1.82) is 5.26 Å². The van der Waals surface area contributed by atoms with Gasteiger partial charge in [-0.2, -0.15) is 5.26 Å². The SMILES string of the molecule is Cc1ccc(NC(=O)/C=C/c2ccc(OCC#N)cc2)cc1. The van der Waals surface area contributed by atoms with Gasteiger partial charge in [-0.25, -0.2) is 0 Å². The number of carbonyl (C=O) groups excluding carboxylic acids is 1. The van der Waals surface area contributed by atoms with Crippen molar-refractivity contribution in [3.63, 3.8) is 0 Å². The van der Waals surface area contributed by atoms with Crippen molar-refractivity contribution in [2.24, 2.45) is 0 Å². The van der Waals surface area contributed by atoms with E-state index in [4.69, 9.17) is 10.00 Å². The van der Waals surface area contributed by atoms with Gasteiger partial charge in [-0.1, -0.05) is 29.8 Å². The molecule has 2 rings (SSSR count). The van der Waals surface area contributed by atoms with Gasteiger partial charge in [0, 0.05) is 11.8 Å². The van der Waals surface area contributed by atoms with E-state index in [0.717, 1.165) is 16.8 Å². The average molecular weight is 292 g/mol. The molecule has 0 aromatic heterocycles. The first-order chi connectivity index (χ1) is 10.7. The number of nitriles is 1. The molecule has 0 heterocycles. The number of hydrogen-bond acceptors (Lipinski definition) is 3. The van der Waals surface area contributed by atoms with Crippen molar-refractivity contribution >= 4 is 17.7 Å². The van der Waals surface area contributed by atoms with Crippen molar-refractivity contribution in [1.82, 2.24) is 0 Å². The van der Waals surface area contributed by atoms with Gasteiger partial charge in [0.05, 0.1) is 0 Å². The number of carbonyl (C=O) groups is 1. The summed E-state index contributed by atoms with van der Waals surface area (Å²) < 4.78 is 5.16. The fraction of sp³-hybridized carbons (Fsp3) is 0.111. The second-order valence-electron chi connectivity index (χ2n) is 4.70. The van der Waals surface area contributed by atoms with Crippen LogP contribution in [0.15, 0.2) is 54.6 Å². The Labute approximate surface area is 129 Å². The van der Waals surface area contributed by atoms with E-state index in [1.807, 2.05) is 49.4 Å². The van der Waals surface area contributed by atoms with Gasteiger partial charge in [0.15, 0.2) is 6.61 Å². The molecule has 2 aromatic carbocycles. The van der Waals surface area contributed by atoms with Crippen LogP contribution in [0.4, 0.5) is 5.69 Å². The molecule has 0 aliphatic heterocycles. The van der Waals surface area contributed by atoms with Crippen molar-refractivity contribution in [3.8, 4) is 11.8 Å². The standard InChI is InChI=1S/C18H16N2O2/c1-14-2-7-16(8-3-14)20-18(21)11-6-15-4-9-17(10-5-15)22-13-12-19/h2-11H,13H2,1H3,(H,20,21)/b11-6+. The highest BCUT2D eigenvalue weighted by Gasteiger charge is 1.98. The van der Waals surface area contributed by atoms with Crippen LogP contribution in [0.3, 0.4) is 0 Å². The van der Waals surface area contributed by atoms with Gasteiger partial charge in [0.1, 0.15) is 11.8 Å². The Morgan fingerprint density at radius 1 is 1.18 bits per heavy atom. The zero-order valence-corrected chi connectivity index (χ0v) is 12.2. The molecule has 0 saturated heterocycles. The summed E-state index contributed by atoms with van der Waals surface area (Å²) >= 11 is 0. The maximum absolute atomic E-state index is 11.8. The topological polar surface area (TPSA) is 62.1 Å². The van der Waals surface area contributed by atoms with Gasteiger partial charge >= 0.3 is 0 Å². The molecule has 0 saturated carbocycles. The van der Waals surface area contributed by atoms with Gasteiger partial charge in [0.25, 0.3) is 0 Å². The van der Waals surface area contributed by atoms with Crippen LogP contribution in [0.2, 0.25) is 0 Å². The molecule has 1 amide bonds. The van der Waals surface area contributed by atoms with Crippen molar-refractivity contribution in [3.05, 3.63) is 65.7 Å². The number of rotatable bonds is 5. The summed E-state index contributed by atoms with van der Waals surface area (Å²) in [6.07, 6.45) is 3.20. The number of anilines is 1. The van der Waals surface area contributed by atoms with Gasteiger partial charge < -0.3 is 10.1 Å². The molecule has 0 fully saturated rings. The summed E-state index contributed by atoms with van der Waals surface area (Å²) in [7, 11) is 0. The number of ether oxygens (including phenoxy) is 1. The third-order valence-corrected chi connectivity index (χ3v) is 2.93. The molecule has 0 aliphatic rings. The highest BCUT2D eigenvalue weighted by Crippen LogP contribution is 2.13. The molecule has 0 atom stereocenters. The molecule has 22 heavy (non-hydrogen) atoms. The quantitative estimate of drug-likeness (QED) is 0.857. The van der Waals surface area contributed by atoms with Crippen LogP contribution in [0.5, 0.6) is 5.75 Å². The molecular weight excluding hydrogens is 276 g/mol. The second kappa shape index (κ2) is 7.65. The Bertz CT molecular complexity index is 695. The van der Waals surface area contributed by atoms with E-state index in [2.05, 4.69) is 5.32 Å². The summed E-state index contributed by atoms with van der Waals surface area (Å²) in [5, 5.41) is 11.2. The lowest BCUT2D eigenvalue weighted by Crippen LogP contribution is -2.07. The lowest BCUT2D eigenvalue weighted by molar-refractivity contribution is -0.111. The zero-order valence-electron chi connectivity index (χ0n) is 12.2. The predicted molar refractivity (Wildman–Crippen MR) is 86.4 cm³/mol. The number of amides is 1. The van der Waals surface area contributed by atoms with Gasteiger partial charge in [0.2, 0.25) is 5.91 Å². The van der Waals surface area contributed by atoms with E-state index < -0.39 is 0 Å². The van der Waals surface area contributed by atoms with Crippen LogP contribution >= 0.6 is 0 Å². The minimum atomic E-state index is -0.186. The molecule has 1 N–H and O–H groups in total. The first kappa shape index (κ1) is 15.3.